The topological polar surface area (TPSA) is 39.7 Å². The lowest BCUT2D eigenvalue weighted by molar-refractivity contribution is -0.0246. The van der Waals surface area contributed by atoms with Gasteiger partial charge < -0.3 is 9.47 Å². The van der Waals surface area contributed by atoms with E-state index >= 15 is 0 Å². The lowest BCUT2D eigenvalue weighted by Crippen LogP contribution is -2.21. The van der Waals surface area contributed by atoms with Crippen LogP contribution in [0.5, 0.6) is 11.5 Å². The summed E-state index contributed by atoms with van der Waals surface area (Å²) < 4.78 is 10.8. The molecule has 0 saturated heterocycles. The molecule has 1 aromatic rings. The third-order valence-corrected chi connectivity index (χ3v) is 3.29. The Kier molecular flexibility index (Phi) is 3.16. The van der Waals surface area contributed by atoms with Crippen LogP contribution in [0.3, 0.4) is 0 Å². The smallest absolute Gasteiger partial charge is 0.231 e. The Morgan fingerprint density at radius 2 is 2.12 bits per heavy atom. The zero-order valence-electron chi connectivity index (χ0n) is 9.78. The van der Waals surface area contributed by atoms with Gasteiger partial charge in [-0.2, -0.15) is 5.48 Å². The highest BCUT2D eigenvalue weighted by molar-refractivity contribution is 5.47. The number of nitrogens with one attached hydrogen (secondary N) is 1. The van der Waals surface area contributed by atoms with Crippen LogP contribution in [-0.2, 0) is 11.4 Å². The Morgan fingerprint density at radius 3 is 3.00 bits per heavy atom. The predicted molar refractivity (Wildman–Crippen MR) is 62.7 cm³/mol. The fraction of sp³-hybridized carbons (Fsp3) is 0.538. The van der Waals surface area contributed by atoms with E-state index in [0.717, 1.165) is 17.1 Å². The average molecular weight is 235 g/mol. The number of fused-ring (bicyclic) bond motifs is 1. The standard InChI is InChI=1S/C13H17NO3/c1-2-6-11(5-1)17-14-8-10-4-3-7-12-13(10)16-9-15-12/h3-4,7,11,14H,1-2,5-6,8-9H2. The Morgan fingerprint density at radius 1 is 1.24 bits per heavy atom. The highest BCUT2D eigenvalue weighted by Gasteiger charge is 2.18. The first-order chi connectivity index (χ1) is 8.43. The summed E-state index contributed by atoms with van der Waals surface area (Å²) in [6, 6.07) is 5.92. The minimum atomic E-state index is 0.315. The van der Waals surface area contributed by atoms with Crippen molar-refractivity contribution in [3.8, 4) is 11.5 Å². The van der Waals surface area contributed by atoms with Crippen molar-refractivity contribution in [3.05, 3.63) is 23.8 Å². The van der Waals surface area contributed by atoms with Gasteiger partial charge in [0.2, 0.25) is 6.79 Å². The highest BCUT2D eigenvalue weighted by Crippen LogP contribution is 2.35. The number of ether oxygens (including phenoxy) is 2. The van der Waals surface area contributed by atoms with Gasteiger partial charge in [0.15, 0.2) is 11.5 Å². The normalized spacial score (nSPS) is 18.8. The van der Waals surface area contributed by atoms with Crippen molar-refractivity contribution in [3.63, 3.8) is 0 Å². The van der Waals surface area contributed by atoms with Crippen molar-refractivity contribution in [2.45, 2.75) is 38.3 Å². The van der Waals surface area contributed by atoms with Crippen molar-refractivity contribution >= 4 is 0 Å². The van der Waals surface area contributed by atoms with Gasteiger partial charge in [-0.25, -0.2) is 0 Å². The second-order valence-electron chi connectivity index (χ2n) is 4.50. The maximum absolute atomic E-state index is 5.62. The van der Waals surface area contributed by atoms with Crippen LogP contribution < -0.4 is 15.0 Å². The molecular weight excluding hydrogens is 218 g/mol. The van der Waals surface area contributed by atoms with Gasteiger partial charge in [0.05, 0.1) is 6.10 Å². The number of hydrogen-bond acceptors (Lipinski definition) is 4. The molecule has 92 valence electrons. The van der Waals surface area contributed by atoms with Crippen LogP contribution in [0.15, 0.2) is 18.2 Å². The van der Waals surface area contributed by atoms with Crippen LogP contribution in [0.2, 0.25) is 0 Å². The van der Waals surface area contributed by atoms with Gasteiger partial charge >= 0.3 is 0 Å². The van der Waals surface area contributed by atoms with Crippen LogP contribution in [0.25, 0.3) is 0 Å². The van der Waals surface area contributed by atoms with E-state index in [0.29, 0.717) is 19.4 Å². The third-order valence-electron chi connectivity index (χ3n) is 3.29. The molecular formula is C13H17NO3. The molecule has 3 rings (SSSR count). The quantitative estimate of drug-likeness (QED) is 0.813. The minimum absolute atomic E-state index is 0.315. The van der Waals surface area contributed by atoms with Crippen LogP contribution in [0, 0.1) is 0 Å². The maximum Gasteiger partial charge on any atom is 0.231 e. The van der Waals surface area contributed by atoms with Crippen molar-refractivity contribution in [2.75, 3.05) is 6.79 Å². The summed E-state index contributed by atoms with van der Waals surface area (Å²) in [5, 5.41) is 0. The molecule has 1 aliphatic carbocycles. The van der Waals surface area contributed by atoms with Crippen molar-refractivity contribution in [2.24, 2.45) is 0 Å². The molecule has 4 heteroatoms. The Balaban J connectivity index is 1.56. The largest absolute Gasteiger partial charge is 0.454 e. The second kappa shape index (κ2) is 4.94. The van der Waals surface area contributed by atoms with Crippen LogP contribution in [0.4, 0.5) is 0 Å². The van der Waals surface area contributed by atoms with Gasteiger partial charge in [0, 0.05) is 12.1 Å². The van der Waals surface area contributed by atoms with E-state index in [9.17, 15) is 0 Å². The molecule has 0 radical (unpaired) electrons. The molecule has 0 bridgehead atoms. The van der Waals surface area contributed by atoms with Gasteiger partial charge in [-0.15, -0.1) is 0 Å². The molecule has 1 aliphatic heterocycles. The van der Waals surface area contributed by atoms with E-state index in [1.807, 2.05) is 18.2 Å². The van der Waals surface area contributed by atoms with E-state index < -0.39 is 0 Å². The van der Waals surface area contributed by atoms with E-state index in [1.165, 1.54) is 25.7 Å². The van der Waals surface area contributed by atoms with Crippen molar-refractivity contribution in [1.82, 2.24) is 5.48 Å². The molecule has 1 aromatic carbocycles. The summed E-state index contributed by atoms with van der Waals surface area (Å²) in [7, 11) is 0. The first-order valence-corrected chi connectivity index (χ1v) is 6.19. The molecule has 0 amide bonds. The first kappa shape index (κ1) is 10.9. The Bertz CT molecular complexity index is 388. The minimum Gasteiger partial charge on any atom is -0.454 e. The fourth-order valence-corrected chi connectivity index (χ4v) is 2.37. The third kappa shape index (κ3) is 2.37. The molecule has 1 heterocycles. The number of hydrogen-bond donors (Lipinski definition) is 1. The van der Waals surface area contributed by atoms with Crippen LogP contribution in [-0.4, -0.2) is 12.9 Å². The lowest BCUT2D eigenvalue weighted by Gasteiger charge is -2.12. The molecule has 2 aliphatic rings. The summed E-state index contributed by atoms with van der Waals surface area (Å²) in [5.41, 5.74) is 4.12. The predicted octanol–water partition coefficient (Wildman–Crippen LogP) is 2.38. The van der Waals surface area contributed by atoms with Crippen molar-refractivity contribution in [1.29, 1.82) is 0 Å². The summed E-state index contributed by atoms with van der Waals surface area (Å²) in [6.07, 6.45) is 5.27. The average Bonchev–Trinajstić information content (AvgIpc) is 2.99. The molecule has 0 unspecified atom stereocenters. The van der Waals surface area contributed by atoms with Crippen LogP contribution in [0.1, 0.15) is 31.2 Å². The number of rotatable bonds is 4. The maximum atomic E-state index is 5.62. The number of benzene rings is 1. The molecule has 1 fully saturated rings. The van der Waals surface area contributed by atoms with E-state index in [1.54, 1.807) is 0 Å². The Labute approximate surface area is 101 Å². The monoisotopic (exact) mass is 235 g/mol. The molecule has 1 N–H and O–H groups in total. The fourth-order valence-electron chi connectivity index (χ4n) is 2.37. The molecule has 0 spiro atoms. The summed E-state index contributed by atoms with van der Waals surface area (Å²) >= 11 is 0. The van der Waals surface area contributed by atoms with Gasteiger partial charge in [-0.3, -0.25) is 4.84 Å². The molecule has 0 atom stereocenters. The zero-order chi connectivity index (χ0) is 11.5. The SMILES string of the molecule is c1cc(CNOC2CCCC2)c2c(c1)OCO2. The van der Waals surface area contributed by atoms with Crippen molar-refractivity contribution < 1.29 is 14.3 Å². The summed E-state index contributed by atoms with van der Waals surface area (Å²) in [4.78, 5) is 5.62. The molecule has 0 aromatic heterocycles. The first-order valence-electron chi connectivity index (χ1n) is 6.19. The number of para-hydroxylation sites is 1. The van der Waals surface area contributed by atoms with E-state index in [2.05, 4.69) is 5.48 Å². The van der Waals surface area contributed by atoms with Gasteiger partial charge in [0.1, 0.15) is 0 Å². The van der Waals surface area contributed by atoms with E-state index in [4.69, 9.17) is 14.3 Å². The Hall–Kier alpha value is -1.26. The lowest BCUT2D eigenvalue weighted by atomic mass is 10.2. The molecule has 17 heavy (non-hydrogen) atoms. The summed E-state index contributed by atoms with van der Waals surface area (Å²) in [5.74, 6) is 1.67. The van der Waals surface area contributed by atoms with Crippen LogP contribution >= 0.6 is 0 Å². The second-order valence-corrected chi connectivity index (χ2v) is 4.50. The zero-order valence-corrected chi connectivity index (χ0v) is 9.78. The molecule has 1 saturated carbocycles. The van der Waals surface area contributed by atoms with Gasteiger partial charge in [-0.1, -0.05) is 25.0 Å². The van der Waals surface area contributed by atoms with E-state index in [-0.39, 0.29) is 0 Å². The number of hydroxylamine groups is 1. The summed E-state index contributed by atoms with van der Waals surface area (Å²) in [6.45, 7) is 0.971. The highest BCUT2D eigenvalue weighted by atomic mass is 16.7. The van der Waals surface area contributed by atoms with Gasteiger partial charge in [0.25, 0.3) is 0 Å². The molecule has 4 nitrogen and oxygen atoms in total. The van der Waals surface area contributed by atoms with Gasteiger partial charge in [-0.05, 0) is 18.9 Å².